The molecule has 0 aliphatic carbocycles. The molecule has 0 saturated carbocycles. The van der Waals surface area contributed by atoms with Crippen LogP contribution in [0.25, 0.3) is 11.3 Å². The lowest BCUT2D eigenvalue weighted by molar-refractivity contribution is -0.116. The number of H-pyrrole nitrogens is 1. The highest BCUT2D eigenvalue weighted by molar-refractivity contribution is 5.89. The van der Waals surface area contributed by atoms with Crippen LogP contribution < -0.4 is 14.8 Å². The summed E-state index contributed by atoms with van der Waals surface area (Å²) in [6, 6.07) is 17.4. The number of hydrogen-bond acceptors (Lipinski definition) is 6. The van der Waals surface area contributed by atoms with Crippen LogP contribution in [-0.4, -0.2) is 35.3 Å². The smallest absolute Gasteiger partial charge is 0.226 e. The molecule has 2 heterocycles. The van der Waals surface area contributed by atoms with Crippen molar-refractivity contribution in [3.8, 4) is 22.8 Å². The quantitative estimate of drug-likeness (QED) is 0.373. The number of aromatic amines is 1. The molecule has 2 aromatic carbocycles. The SMILES string of the molecule is COc1cc(CCc2cc(NC(=O)CCc3ncc(-c4ccccc4)o3)n[nH]2)cc(OC)c1. The molecule has 0 unspecified atom stereocenters. The van der Waals surface area contributed by atoms with Gasteiger partial charge in [-0.05, 0) is 30.5 Å². The fourth-order valence-electron chi connectivity index (χ4n) is 3.43. The molecule has 4 rings (SSSR count). The van der Waals surface area contributed by atoms with Crippen molar-refractivity contribution in [2.75, 3.05) is 19.5 Å². The van der Waals surface area contributed by atoms with E-state index in [-0.39, 0.29) is 12.3 Å². The highest BCUT2D eigenvalue weighted by Gasteiger charge is 2.11. The molecule has 1 amide bonds. The van der Waals surface area contributed by atoms with Crippen molar-refractivity contribution in [3.63, 3.8) is 0 Å². The van der Waals surface area contributed by atoms with Crippen molar-refractivity contribution < 1.29 is 18.7 Å². The number of methoxy groups -OCH3 is 2. The Morgan fingerprint density at radius 3 is 2.48 bits per heavy atom. The molecular weight excluding hydrogens is 420 g/mol. The third-order valence-electron chi connectivity index (χ3n) is 5.17. The zero-order valence-electron chi connectivity index (χ0n) is 18.6. The summed E-state index contributed by atoms with van der Waals surface area (Å²) in [5.41, 5.74) is 2.97. The van der Waals surface area contributed by atoms with Crippen LogP contribution >= 0.6 is 0 Å². The van der Waals surface area contributed by atoms with E-state index in [0.717, 1.165) is 41.2 Å². The Bertz CT molecular complexity index is 1180. The van der Waals surface area contributed by atoms with Gasteiger partial charge in [-0.2, -0.15) is 5.10 Å². The minimum Gasteiger partial charge on any atom is -0.497 e. The Morgan fingerprint density at radius 2 is 1.76 bits per heavy atom. The van der Waals surface area contributed by atoms with E-state index in [1.807, 2.05) is 54.6 Å². The van der Waals surface area contributed by atoms with Gasteiger partial charge in [-0.1, -0.05) is 30.3 Å². The number of amides is 1. The van der Waals surface area contributed by atoms with Gasteiger partial charge in [0.25, 0.3) is 0 Å². The van der Waals surface area contributed by atoms with Crippen LogP contribution in [0.5, 0.6) is 11.5 Å². The van der Waals surface area contributed by atoms with Crippen LogP contribution in [0, 0.1) is 0 Å². The Labute approximate surface area is 192 Å². The molecule has 4 aromatic rings. The number of nitrogens with one attached hydrogen (secondary N) is 2. The van der Waals surface area contributed by atoms with Gasteiger partial charge in [0.1, 0.15) is 11.5 Å². The second kappa shape index (κ2) is 10.5. The summed E-state index contributed by atoms with van der Waals surface area (Å²) >= 11 is 0. The van der Waals surface area contributed by atoms with Crippen molar-refractivity contribution in [2.45, 2.75) is 25.7 Å². The molecule has 0 saturated heterocycles. The van der Waals surface area contributed by atoms with E-state index in [4.69, 9.17) is 13.9 Å². The molecule has 8 heteroatoms. The number of oxazole rings is 1. The number of benzene rings is 2. The summed E-state index contributed by atoms with van der Waals surface area (Å²) in [5.74, 6) is 3.07. The topological polar surface area (TPSA) is 102 Å². The van der Waals surface area contributed by atoms with E-state index < -0.39 is 0 Å². The normalized spacial score (nSPS) is 10.7. The maximum atomic E-state index is 12.3. The molecule has 2 N–H and O–H groups in total. The molecule has 33 heavy (non-hydrogen) atoms. The third-order valence-corrected chi connectivity index (χ3v) is 5.17. The lowest BCUT2D eigenvalue weighted by Crippen LogP contribution is -2.12. The standard InChI is InChI=1S/C25H26N4O4/c1-31-20-12-17(13-21(15-20)32-2)8-9-19-14-23(29-28-19)27-24(30)10-11-25-26-16-22(33-25)18-6-4-3-5-7-18/h3-7,12-16H,8-11H2,1-2H3,(H2,27,28,29,30). The largest absolute Gasteiger partial charge is 0.497 e. The molecule has 0 atom stereocenters. The number of hydrogen-bond donors (Lipinski definition) is 2. The van der Waals surface area contributed by atoms with Gasteiger partial charge in [0.05, 0.1) is 20.4 Å². The highest BCUT2D eigenvalue weighted by Crippen LogP contribution is 2.24. The number of carbonyl (C=O) groups excluding carboxylic acids is 1. The Morgan fingerprint density at radius 1 is 1.00 bits per heavy atom. The molecule has 0 aliphatic heterocycles. The monoisotopic (exact) mass is 446 g/mol. The van der Waals surface area contributed by atoms with Gasteiger partial charge in [-0.25, -0.2) is 4.98 Å². The molecular formula is C25H26N4O4. The second-order valence-electron chi connectivity index (χ2n) is 7.53. The van der Waals surface area contributed by atoms with Crippen molar-refractivity contribution in [1.82, 2.24) is 15.2 Å². The zero-order chi connectivity index (χ0) is 23.0. The first-order valence-electron chi connectivity index (χ1n) is 10.7. The van der Waals surface area contributed by atoms with E-state index in [2.05, 4.69) is 20.5 Å². The molecule has 0 spiro atoms. The fraction of sp³-hybridized carbons (Fsp3) is 0.240. The van der Waals surface area contributed by atoms with Gasteiger partial charge in [0, 0.05) is 36.2 Å². The maximum absolute atomic E-state index is 12.3. The molecule has 0 aliphatic rings. The van der Waals surface area contributed by atoms with Gasteiger partial charge < -0.3 is 19.2 Å². The average molecular weight is 447 g/mol. The number of nitrogens with zero attached hydrogens (tertiary/aromatic N) is 2. The number of carbonyl (C=O) groups is 1. The molecule has 2 aromatic heterocycles. The van der Waals surface area contributed by atoms with Gasteiger partial charge in [-0.3, -0.25) is 9.89 Å². The maximum Gasteiger partial charge on any atom is 0.226 e. The molecule has 8 nitrogen and oxygen atoms in total. The Kier molecular flexibility index (Phi) is 7.04. The van der Waals surface area contributed by atoms with E-state index in [1.54, 1.807) is 20.4 Å². The van der Waals surface area contributed by atoms with E-state index in [1.165, 1.54) is 0 Å². The minimum atomic E-state index is -0.148. The predicted octanol–water partition coefficient (Wildman–Crippen LogP) is 4.44. The second-order valence-corrected chi connectivity index (χ2v) is 7.53. The number of aryl methyl sites for hydroxylation is 3. The summed E-state index contributed by atoms with van der Waals surface area (Å²) < 4.78 is 16.4. The Hall–Kier alpha value is -4.07. The number of rotatable bonds is 10. The summed E-state index contributed by atoms with van der Waals surface area (Å²) in [7, 11) is 3.26. The lowest BCUT2D eigenvalue weighted by atomic mass is 10.1. The van der Waals surface area contributed by atoms with Gasteiger partial charge in [0.2, 0.25) is 5.91 Å². The van der Waals surface area contributed by atoms with Crippen LogP contribution in [0.15, 0.2) is 65.2 Å². The molecule has 170 valence electrons. The van der Waals surface area contributed by atoms with Crippen LogP contribution in [0.1, 0.15) is 23.6 Å². The minimum absolute atomic E-state index is 0.148. The highest BCUT2D eigenvalue weighted by atomic mass is 16.5. The van der Waals surface area contributed by atoms with Crippen molar-refractivity contribution in [1.29, 1.82) is 0 Å². The fourth-order valence-corrected chi connectivity index (χ4v) is 3.43. The van der Waals surface area contributed by atoms with E-state index in [0.29, 0.717) is 23.9 Å². The number of anilines is 1. The molecule has 0 fully saturated rings. The van der Waals surface area contributed by atoms with Gasteiger partial charge >= 0.3 is 0 Å². The first kappa shape index (κ1) is 22.1. The summed E-state index contributed by atoms with van der Waals surface area (Å²) in [5, 5.41) is 9.98. The Balaban J connectivity index is 1.26. The van der Waals surface area contributed by atoms with Crippen molar-refractivity contribution in [2.24, 2.45) is 0 Å². The first-order valence-corrected chi connectivity index (χ1v) is 10.7. The molecule has 0 bridgehead atoms. The van der Waals surface area contributed by atoms with Crippen LogP contribution in [0.4, 0.5) is 5.82 Å². The molecule has 0 radical (unpaired) electrons. The summed E-state index contributed by atoms with van der Waals surface area (Å²) in [6.45, 7) is 0. The van der Waals surface area contributed by atoms with Crippen LogP contribution in [0.2, 0.25) is 0 Å². The first-order chi connectivity index (χ1) is 16.1. The van der Waals surface area contributed by atoms with Crippen molar-refractivity contribution in [3.05, 3.63) is 77.9 Å². The van der Waals surface area contributed by atoms with Gasteiger partial charge in [-0.15, -0.1) is 0 Å². The van der Waals surface area contributed by atoms with Crippen molar-refractivity contribution >= 4 is 11.7 Å². The van der Waals surface area contributed by atoms with E-state index >= 15 is 0 Å². The van der Waals surface area contributed by atoms with Crippen LogP contribution in [-0.2, 0) is 24.1 Å². The number of aromatic nitrogens is 3. The average Bonchev–Trinajstić information content (AvgIpc) is 3.51. The van der Waals surface area contributed by atoms with Gasteiger partial charge in [0.15, 0.2) is 17.5 Å². The lowest BCUT2D eigenvalue weighted by Gasteiger charge is -2.08. The predicted molar refractivity (Wildman–Crippen MR) is 124 cm³/mol. The third kappa shape index (κ3) is 6.00. The van der Waals surface area contributed by atoms with Crippen LogP contribution in [0.3, 0.4) is 0 Å². The summed E-state index contributed by atoms with van der Waals surface area (Å²) in [6.07, 6.45) is 3.85. The zero-order valence-corrected chi connectivity index (χ0v) is 18.6. The number of ether oxygens (including phenoxy) is 2. The summed E-state index contributed by atoms with van der Waals surface area (Å²) in [4.78, 5) is 16.6. The van der Waals surface area contributed by atoms with E-state index in [9.17, 15) is 4.79 Å².